The number of thiazole rings is 1. The number of carbonyl (C=O) groups is 1. The molecule has 0 aliphatic carbocycles. The number of aromatic nitrogens is 2. The first-order chi connectivity index (χ1) is 14.3. The largest absolute Gasteiger partial charge is 0.337 e. The molecule has 3 aliphatic rings. The monoisotopic (exact) mass is 415 g/mol. The van der Waals surface area contributed by atoms with Crippen molar-refractivity contribution in [2.75, 3.05) is 45.8 Å². The first-order valence-electron chi connectivity index (χ1n) is 11.5. The van der Waals surface area contributed by atoms with Crippen LogP contribution in [0, 0.1) is 5.92 Å². The fourth-order valence-corrected chi connectivity index (χ4v) is 6.12. The van der Waals surface area contributed by atoms with Gasteiger partial charge >= 0.3 is 0 Å². The number of nitrogens with zero attached hydrogens (tertiary/aromatic N) is 5. The van der Waals surface area contributed by atoms with Gasteiger partial charge in [-0.15, -0.1) is 11.3 Å². The van der Waals surface area contributed by atoms with Gasteiger partial charge in [-0.2, -0.15) is 0 Å². The smallest absolute Gasteiger partial charge is 0.274 e. The summed E-state index contributed by atoms with van der Waals surface area (Å²) >= 11 is 1.62. The van der Waals surface area contributed by atoms with Crippen LogP contribution in [0.3, 0.4) is 0 Å². The zero-order valence-corrected chi connectivity index (χ0v) is 18.2. The van der Waals surface area contributed by atoms with E-state index < -0.39 is 0 Å². The van der Waals surface area contributed by atoms with Crippen molar-refractivity contribution in [1.82, 2.24) is 24.1 Å². The maximum absolute atomic E-state index is 13.1. The second-order valence-corrected chi connectivity index (χ2v) is 9.94. The Bertz CT molecular complexity index is 833. The van der Waals surface area contributed by atoms with E-state index >= 15 is 0 Å². The number of imidazole rings is 1. The van der Waals surface area contributed by atoms with E-state index in [1.165, 1.54) is 51.7 Å². The predicted molar refractivity (Wildman–Crippen MR) is 116 cm³/mol. The van der Waals surface area contributed by atoms with Crippen molar-refractivity contribution in [3.8, 4) is 0 Å². The summed E-state index contributed by atoms with van der Waals surface area (Å²) in [6, 6.07) is 0. The molecular weight excluding hydrogens is 382 g/mol. The lowest BCUT2D eigenvalue weighted by Crippen LogP contribution is -2.42. The standard InChI is InChI=1S/C22H33N5OS/c28-21(26-11-4-5-12-26)20-19(27-13-14-29-22(27)23-20)17-25-10-6-7-18(16-25)15-24-8-2-1-3-9-24/h13-14,18H,1-12,15-17H2. The van der Waals surface area contributed by atoms with Crippen molar-refractivity contribution in [1.29, 1.82) is 0 Å². The molecule has 0 saturated carbocycles. The van der Waals surface area contributed by atoms with Crippen LogP contribution in [0.5, 0.6) is 0 Å². The maximum Gasteiger partial charge on any atom is 0.274 e. The van der Waals surface area contributed by atoms with Gasteiger partial charge in [-0.3, -0.25) is 14.1 Å². The highest BCUT2D eigenvalue weighted by Gasteiger charge is 2.29. The summed E-state index contributed by atoms with van der Waals surface area (Å²) in [7, 11) is 0. The Balaban J connectivity index is 1.30. The quantitative estimate of drug-likeness (QED) is 0.751. The fraction of sp³-hybridized carbons (Fsp3) is 0.727. The van der Waals surface area contributed by atoms with Gasteiger partial charge in [0.05, 0.1) is 5.69 Å². The molecule has 0 N–H and O–H groups in total. The number of fused-ring (bicyclic) bond motifs is 1. The van der Waals surface area contributed by atoms with Gasteiger partial charge in [0.1, 0.15) is 0 Å². The molecule has 3 aliphatic heterocycles. The van der Waals surface area contributed by atoms with Crippen molar-refractivity contribution >= 4 is 22.2 Å². The van der Waals surface area contributed by atoms with E-state index in [2.05, 4.69) is 25.8 Å². The van der Waals surface area contributed by atoms with Crippen LogP contribution in [0.4, 0.5) is 0 Å². The number of amides is 1. The molecule has 3 fully saturated rings. The summed E-state index contributed by atoms with van der Waals surface area (Å²) in [6.07, 6.45) is 11.1. The molecule has 29 heavy (non-hydrogen) atoms. The van der Waals surface area contributed by atoms with Crippen LogP contribution in [0.2, 0.25) is 0 Å². The Morgan fingerprint density at radius 2 is 1.76 bits per heavy atom. The Morgan fingerprint density at radius 1 is 1.00 bits per heavy atom. The topological polar surface area (TPSA) is 44.1 Å². The molecule has 1 unspecified atom stereocenters. The van der Waals surface area contributed by atoms with Crippen LogP contribution in [-0.4, -0.2) is 75.8 Å². The SMILES string of the molecule is O=C(c1nc2sccn2c1CN1CCCC(CN2CCCCC2)C1)N1CCCC1. The summed E-state index contributed by atoms with van der Waals surface area (Å²) in [4.78, 5) is 26.1. The summed E-state index contributed by atoms with van der Waals surface area (Å²) in [5.74, 6) is 0.890. The molecule has 6 nitrogen and oxygen atoms in total. The number of hydrogen-bond acceptors (Lipinski definition) is 5. The van der Waals surface area contributed by atoms with Crippen LogP contribution in [-0.2, 0) is 6.54 Å². The van der Waals surface area contributed by atoms with E-state index in [1.54, 1.807) is 11.3 Å². The highest BCUT2D eigenvalue weighted by Crippen LogP contribution is 2.25. The highest BCUT2D eigenvalue weighted by molar-refractivity contribution is 7.15. The Hall–Kier alpha value is -1.44. The number of hydrogen-bond donors (Lipinski definition) is 0. The van der Waals surface area contributed by atoms with Gasteiger partial charge in [0.2, 0.25) is 0 Å². The minimum atomic E-state index is 0.135. The molecule has 7 heteroatoms. The van der Waals surface area contributed by atoms with Crippen molar-refractivity contribution in [3.63, 3.8) is 0 Å². The minimum Gasteiger partial charge on any atom is -0.337 e. The molecule has 0 aromatic carbocycles. The average molecular weight is 416 g/mol. The molecular formula is C22H33N5OS. The molecule has 0 spiro atoms. The Labute approximate surface area is 177 Å². The van der Waals surface area contributed by atoms with Crippen LogP contribution in [0.25, 0.3) is 4.96 Å². The molecule has 1 atom stereocenters. The van der Waals surface area contributed by atoms with E-state index in [9.17, 15) is 4.79 Å². The van der Waals surface area contributed by atoms with Crippen LogP contribution in [0.15, 0.2) is 11.6 Å². The summed E-state index contributed by atoms with van der Waals surface area (Å²) in [6.45, 7) is 8.68. The second-order valence-electron chi connectivity index (χ2n) is 9.07. The van der Waals surface area contributed by atoms with Crippen molar-refractivity contribution in [2.45, 2.75) is 51.5 Å². The van der Waals surface area contributed by atoms with Gasteiger partial charge in [-0.25, -0.2) is 4.98 Å². The number of carbonyl (C=O) groups excluding carboxylic acids is 1. The van der Waals surface area contributed by atoms with Crippen molar-refractivity contribution < 1.29 is 4.79 Å². The first kappa shape index (κ1) is 19.5. The fourth-order valence-electron chi connectivity index (χ4n) is 5.39. The van der Waals surface area contributed by atoms with E-state index in [0.29, 0.717) is 5.69 Å². The molecule has 1 amide bonds. The van der Waals surface area contributed by atoms with Crippen LogP contribution in [0.1, 0.15) is 61.1 Å². The van der Waals surface area contributed by atoms with E-state index in [4.69, 9.17) is 4.98 Å². The summed E-state index contributed by atoms with van der Waals surface area (Å²) in [5, 5.41) is 2.07. The normalized spacial score (nSPS) is 24.6. The van der Waals surface area contributed by atoms with Gasteiger partial charge in [0.15, 0.2) is 10.7 Å². The molecule has 0 radical (unpaired) electrons. The summed E-state index contributed by atoms with van der Waals surface area (Å²) in [5.41, 5.74) is 1.79. The molecule has 158 valence electrons. The van der Waals surface area contributed by atoms with E-state index in [1.807, 2.05) is 4.90 Å². The predicted octanol–water partition coefficient (Wildman–Crippen LogP) is 3.33. The summed E-state index contributed by atoms with van der Waals surface area (Å²) < 4.78 is 2.15. The van der Waals surface area contributed by atoms with Gasteiger partial charge < -0.3 is 9.80 Å². The number of rotatable bonds is 5. The Kier molecular flexibility index (Phi) is 5.88. The highest BCUT2D eigenvalue weighted by atomic mass is 32.1. The van der Waals surface area contributed by atoms with E-state index in [0.717, 1.165) is 62.1 Å². The number of piperidine rings is 2. The Morgan fingerprint density at radius 3 is 2.59 bits per heavy atom. The zero-order chi connectivity index (χ0) is 19.6. The molecule has 2 aromatic heterocycles. The third kappa shape index (κ3) is 4.23. The third-order valence-corrected chi connectivity index (χ3v) is 7.66. The van der Waals surface area contributed by atoms with Crippen molar-refractivity contribution in [2.24, 2.45) is 5.92 Å². The zero-order valence-electron chi connectivity index (χ0n) is 17.4. The van der Waals surface area contributed by atoms with Crippen molar-refractivity contribution in [3.05, 3.63) is 23.0 Å². The van der Waals surface area contributed by atoms with Gasteiger partial charge in [0, 0.05) is 44.3 Å². The van der Waals surface area contributed by atoms with Crippen LogP contribution < -0.4 is 0 Å². The minimum absolute atomic E-state index is 0.135. The number of likely N-dealkylation sites (tertiary alicyclic amines) is 3. The first-order valence-corrected chi connectivity index (χ1v) is 12.3. The molecule has 5 heterocycles. The maximum atomic E-state index is 13.1. The van der Waals surface area contributed by atoms with Crippen LogP contribution >= 0.6 is 11.3 Å². The molecule has 2 aromatic rings. The molecule has 0 bridgehead atoms. The van der Waals surface area contributed by atoms with E-state index in [-0.39, 0.29) is 5.91 Å². The van der Waals surface area contributed by atoms with Gasteiger partial charge in [0.25, 0.3) is 5.91 Å². The average Bonchev–Trinajstić information content (AvgIpc) is 3.48. The lowest BCUT2D eigenvalue weighted by atomic mass is 9.96. The molecule has 5 rings (SSSR count). The second kappa shape index (κ2) is 8.74. The molecule has 3 saturated heterocycles. The lowest BCUT2D eigenvalue weighted by Gasteiger charge is -2.36. The third-order valence-electron chi connectivity index (χ3n) is 6.90. The van der Waals surface area contributed by atoms with Gasteiger partial charge in [-0.05, 0) is 64.1 Å². The lowest BCUT2D eigenvalue weighted by molar-refractivity contribution is 0.0782. The van der Waals surface area contributed by atoms with Gasteiger partial charge in [-0.1, -0.05) is 6.42 Å².